The van der Waals surface area contributed by atoms with Gasteiger partial charge in [0.1, 0.15) is 35.8 Å². The molecule has 2 heterocycles. The molecule has 2 aliphatic heterocycles. The summed E-state index contributed by atoms with van der Waals surface area (Å²) in [6.45, 7) is 22.7. The number of ether oxygens (including phenoxy) is 2. The second-order valence-electron chi connectivity index (χ2n) is 35.1. The number of likely N-dealkylation sites (N-methyl/N-ethyl adjacent to an activating group) is 2. The van der Waals surface area contributed by atoms with Crippen LogP contribution in [0, 0.1) is 70.0 Å². The molecule has 0 unspecified atom stereocenters. The Bertz CT molecular complexity index is 3680. The Labute approximate surface area is 646 Å². The minimum atomic E-state index is -0.893. The van der Waals surface area contributed by atoms with E-state index >= 15 is 0 Å². The van der Waals surface area contributed by atoms with E-state index in [9.17, 15) is 39.6 Å². The fraction of sp³-hybridized carbons (Fsp3) is 0.671. The highest BCUT2D eigenvalue weighted by molar-refractivity contribution is 9.10. The van der Waals surface area contributed by atoms with Crippen molar-refractivity contribution in [3.05, 3.63) is 99.5 Å². The van der Waals surface area contributed by atoms with E-state index in [0.717, 1.165) is 82.3 Å². The minimum Gasteiger partial charge on any atom is -0.496 e. The lowest BCUT2D eigenvalue weighted by Gasteiger charge is -2.62. The molecule has 107 heavy (non-hydrogen) atoms. The Morgan fingerprint density at radius 3 is 1.45 bits per heavy atom. The third kappa shape index (κ3) is 18.9. The molecule has 2 saturated heterocycles. The van der Waals surface area contributed by atoms with Crippen LogP contribution in [0.3, 0.4) is 0 Å². The average Bonchev–Trinajstić information content (AvgIpc) is 1.01. The van der Waals surface area contributed by atoms with Gasteiger partial charge in [0.05, 0.1) is 52.7 Å². The maximum absolute atomic E-state index is 14.3. The molecule has 4 bridgehead atoms. The molecule has 4 aromatic carbocycles. The lowest BCUT2D eigenvalue weighted by atomic mass is 9.45. The van der Waals surface area contributed by atoms with E-state index in [4.69, 9.17) is 19.1 Å². The van der Waals surface area contributed by atoms with Crippen molar-refractivity contribution >= 4 is 45.2 Å². The maximum atomic E-state index is 14.3. The van der Waals surface area contributed by atoms with Crippen LogP contribution in [0.1, 0.15) is 172 Å². The lowest BCUT2D eigenvalue weighted by Crippen LogP contribution is -2.62. The largest absolute Gasteiger partial charge is 0.496 e. The van der Waals surface area contributed by atoms with Crippen LogP contribution in [-0.4, -0.2) is 207 Å². The number of nitrogens with zero attached hydrogens (tertiary/aromatic N) is 5. The number of para-hydroxylation sites is 2. The smallest absolute Gasteiger partial charge is 0.251 e. The number of hydrogen-bond donors (Lipinski definition) is 8. The summed E-state index contributed by atoms with van der Waals surface area (Å²) in [5, 5.41) is 59.1. The maximum Gasteiger partial charge on any atom is 0.251 e. The van der Waals surface area contributed by atoms with Crippen molar-refractivity contribution < 1.29 is 58.8 Å². The first kappa shape index (κ1) is 83.7. The van der Waals surface area contributed by atoms with Crippen molar-refractivity contribution in [2.45, 2.75) is 214 Å². The molecule has 8 N–H and O–H groups in total. The Morgan fingerprint density at radius 1 is 0.607 bits per heavy atom. The molecular formula is C85H128BrN9O12. The van der Waals surface area contributed by atoms with E-state index in [-0.39, 0.29) is 84.9 Å². The zero-order valence-electron chi connectivity index (χ0n) is 67.2. The van der Waals surface area contributed by atoms with Crippen LogP contribution in [0.4, 0.5) is 5.69 Å². The highest BCUT2D eigenvalue weighted by Crippen LogP contribution is 2.62. The molecule has 4 aromatic rings. The van der Waals surface area contributed by atoms with Crippen molar-refractivity contribution in [3.63, 3.8) is 0 Å². The number of nitrogens with one attached hydrogen (secondary N) is 4. The number of carbonyl (C=O) groups excluding carboxylic acids is 4. The van der Waals surface area contributed by atoms with E-state index in [1.165, 1.54) is 44.9 Å². The fourth-order valence-electron chi connectivity index (χ4n) is 19.9. The van der Waals surface area contributed by atoms with E-state index in [2.05, 4.69) is 123 Å². The van der Waals surface area contributed by atoms with Crippen LogP contribution in [0.2, 0.25) is 0 Å². The molecule has 18 atom stereocenters. The van der Waals surface area contributed by atoms with Crippen molar-refractivity contribution in [1.82, 2.24) is 41.2 Å². The fourth-order valence-corrected chi connectivity index (χ4v) is 20.4. The van der Waals surface area contributed by atoms with Crippen LogP contribution in [0.15, 0.2) is 77.3 Å². The number of carbonyl (C=O) groups is 4. The Balaban J connectivity index is 0.000000230. The van der Waals surface area contributed by atoms with Gasteiger partial charge in [-0.1, -0.05) is 140 Å². The number of halogens is 1. The van der Waals surface area contributed by atoms with E-state index in [0.29, 0.717) is 70.0 Å². The molecule has 13 rings (SSSR count). The SMILES string of the molecule is COc1c(CN2O[C@@H](CO)[C@@H]([C@H](C)O)[C@H]2C(=O)N[C@H]2C[C@H]3C[C@@H]([C@@H]2C)C3(C)C)cccc1-c1cc(Br)cc(C(=O)N[C@@H](CC(C)C)CN(C)C)c1.COc1c(CN2O[C@@H](CO)[C@H]([C@H](C)O)[C@H]2C(=O)N[C@H]2C[C@H]3C[C@@H]([C@@H]2C)C3(C)C)cccc1-c1cc(C(=O)N[C@@H](CC2CCCCC2)CN(C)C)cc(N(C)C)c1. The van der Waals surface area contributed by atoms with Crippen LogP contribution in [0.25, 0.3) is 22.3 Å². The van der Waals surface area contributed by atoms with Gasteiger partial charge in [-0.3, -0.25) is 28.9 Å². The summed E-state index contributed by atoms with van der Waals surface area (Å²) in [7, 11) is 15.3. The number of amides is 4. The van der Waals surface area contributed by atoms with Gasteiger partial charge in [0.2, 0.25) is 11.8 Å². The number of fused-ring (bicyclic) bond motifs is 4. The summed E-state index contributed by atoms with van der Waals surface area (Å²) in [5.74, 6) is 3.30. The highest BCUT2D eigenvalue weighted by atomic mass is 79.9. The van der Waals surface area contributed by atoms with Crippen LogP contribution < -0.4 is 35.6 Å². The Hall–Kier alpha value is -5.76. The Morgan fingerprint density at radius 2 is 1.05 bits per heavy atom. The molecule has 21 nitrogen and oxygen atoms in total. The molecule has 7 saturated carbocycles. The van der Waals surface area contributed by atoms with Gasteiger partial charge in [-0.05, 0) is 186 Å². The van der Waals surface area contributed by atoms with E-state index in [1.54, 1.807) is 38.2 Å². The first-order valence-corrected chi connectivity index (χ1v) is 40.4. The van der Waals surface area contributed by atoms with Gasteiger partial charge >= 0.3 is 0 Å². The van der Waals surface area contributed by atoms with Gasteiger partial charge in [-0.25, -0.2) is 0 Å². The van der Waals surface area contributed by atoms with Gasteiger partial charge in [-0.2, -0.15) is 10.1 Å². The number of methoxy groups -OCH3 is 2. The average molecular weight is 1550 g/mol. The van der Waals surface area contributed by atoms with E-state index in [1.807, 2.05) is 99.8 Å². The van der Waals surface area contributed by atoms with Crippen molar-refractivity contribution in [1.29, 1.82) is 0 Å². The van der Waals surface area contributed by atoms with Gasteiger partial charge in [0.25, 0.3) is 11.8 Å². The number of anilines is 1. The first-order valence-electron chi connectivity index (χ1n) is 39.6. The van der Waals surface area contributed by atoms with E-state index < -0.39 is 48.3 Å². The minimum absolute atomic E-state index is 0.00507. The molecule has 9 fully saturated rings. The first-order chi connectivity index (χ1) is 50.7. The summed E-state index contributed by atoms with van der Waals surface area (Å²) in [5.41, 5.74) is 7.32. The number of aliphatic hydroxyl groups excluding tert-OH is 4. The Kier molecular flexibility index (Phi) is 27.9. The molecular weight excluding hydrogens is 1420 g/mol. The zero-order chi connectivity index (χ0) is 77.8. The third-order valence-corrected chi connectivity index (χ3v) is 26.3. The molecule has 22 heteroatoms. The van der Waals surface area contributed by atoms with Gasteiger partial charge in [0.15, 0.2) is 0 Å². The summed E-state index contributed by atoms with van der Waals surface area (Å²) in [6.07, 6.45) is 9.13. The highest BCUT2D eigenvalue weighted by Gasteiger charge is 2.59. The molecule has 0 aromatic heterocycles. The molecule has 9 aliphatic rings. The van der Waals surface area contributed by atoms with Gasteiger partial charge in [0, 0.05) is 107 Å². The normalized spacial score (nSPS) is 28.5. The van der Waals surface area contributed by atoms with Crippen LogP contribution in [-0.2, 0) is 32.4 Å². The number of hydrogen-bond acceptors (Lipinski definition) is 17. The molecule has 592 valence electrons. The lowest BCUT2D eigenvalue weighted by molar-refractivity contribution is -0.183. The van der Waals surface area contributed by atoms with Gasteiger partial charge in [-0.15, -0.1) is 0 Å². The summed E-state index contributed by atoms with van der Waals surface area (Å²) < 4.78 is 12.9. The number of benzene rings is 4. The second kappa shape index (κ2) is 35.7. The topological polar surface area (TPSA) is 250 Å². The predicted octanol–water partition coefficient (Wildman–Crippen LogP) is 11.2. The molecule has 0 radical (unpaired) electrons. The zero-order valence-corrected chi connectivity index (χ0v) is 68.8. The number of hydroxylamine groups is 4. The van der Waals surface area contributed by atoms with Crippen LogP contribution >= 0.6 is 15.9 Å². The second-order valence-corrected chi connectivity index (χ2v) is 36.0. The molecule has 4 amide bonds. The monoisotopic (exact) mass is 1550 g/mol. The number of rotatable bonds is 29. The third-order valence-electron chi connectivity index (χ3n) is 25.8. The van der Waals surface area contributed by atoms with Crippen molar-refractivity contribution in [3.8, 4) is 33.8 Å². The quantitative estimate of drug-likeness (QED) is 0.0252. The summed E-state index contributed by atoms with van der Waals surface area (Å²) >= 11 is 3.63. The summed E-state index contributed by atoms with van der Waals surface area (Å²) in [6, 6.07) is 21.7. The van der Waals surface area contributed by atoms with Crippen LogP contribution in [0.5, 0.6) is 11.5 Å². The van der Waals surface area contributed by atoms with Crippen molar-refractivity contribution in [2.24, 2.45) is 70.0 Å². The summed E-state index contributed by atoms with van der Waals surface area (Å²) in [4.78, 5) is 74.9. The number of aliphatic hydroxyl groups is 4. The van der Waals surface area contributed by atoms with Gasteiger partial charge < -0.3 is 65.9 Å². The van der Waals surface area contributed by atoms with Crippen molar-refractivity contribution in [2.75, 3.05) is 87.7 Å². The molecule has 0 spiro atoms. The molecule has 7 aliphatic carbocycles. The standard InChI is InChI=1S/C45H69N5O6.C40H59BrN4O6/c1-27-37-22-33(45(37,3)4)23-38(27)47-44(54)41-40(28(2)52)39(26-51)56-50(41)24-30-16-13-17-36(42(30)55-9)31-19-32(21-35(20-31)49(7)8)43(53)46-34(25-48(5)6)18-29-14-11-10-12-15-29;1-22(2)13-30(20-44(7)8)42-38(48)27-14-26(15-29(41)16-27)31-12-10-11-25(37(31)50-9)19-45-36(35(24(4)47)34(21-46)51-45)39(49)43-33-18-28-17-32(23(33)3)40(28,5)6/h13,16-17,19-21,27-29,33-34,37-41,51-52H,10-12,14-15,18,22-26H2,1-9H3,(H,46,53)(H,47,54);10-12,14-16,22-24,28,30,32-36,46-47H,13,17-21H2,1-9H3,(H,42,48)(H,43,49)/t27-,28-,33+,34-,37-,38-,39-,40-,41-;23-,24-,28+,30-,32-,33-,34-,35+,36-/m00/s1. The predicted molar refractivity (Wildman–Crippen MR) is 424 cm³/mol.